The maximum Gasteiger partial charge on any atom is 0.392 e. The molecule has 0 saturated carbocycles. The molecule has 2 unspecified atom stereocenters. The summed E-state index contributed by atoms with van der Waals surface area (Å²) in [6.45, 7) is 2.38. The first-order chi connectivity index (χ1) is 25.0. The van der Waals surface area contributed by atoms with Crippen molar-refractivity contribution in [3.05, 3.63) is 104 Å². The van der Waals surface area contributed by atoms with Gasteiger partial charge in [0.05, 0.1) is 40.1 Å². The first kappa shape index (κ1) is 36.1. The Morgan fingerprint density at radius 3 is 2.58 bits per heavy atom. The number of imidazole rings is 1. The van der Waals surface area contributed by atoms with Gasteiger partial charge in [-0.25, -0.2) is 9.78 Å². The highest BCUT2D eigenvalue weighted by Crippen LogP contribution is 2.41. The molecule has 0 amide bonds. The van der Waals surface area contributed by atoms with Crippen molar-refractivity contribution in [3.63, 3.8) is 0 Å². The summed E-state index contributed by atoms with van der Waals surface area (Å²) in [6.07, 6.45) is 3.93. The predicted octanol–water partition coefficient (Wildman–Crippen LogP) is 3.75. The van der Waals surface area contributed by atoms with Crippen molar-refractivity contribution in [2.75, 3.05) is 13.2 Å². The number of carbonyl (C=O) groups is 2. The van der Waals surface area contributed by atoms with Crippen LogP contribution in [0.2, 0.25) is 0 Å². The molecule has 1 aliphatic heterocycles. The first-order valence-corrected chi connectivity index (χ1v) is 15.5. The second-order valence-corrected chi connectivity index (χ2v) is 10.8. The third-order valence-electron chi connectivity index (χ3n) is 7.23. The van der Waals surface area contributed by atoms with Gasteiger partial charge in [0.1, 0.15) is 11.9 Å². The highest BCUT2D eigenvalue weighted by molar-refractivity contribution is 5.73. The number of aliphatic carboxylic acids is 1. The molecular weight excluding hydrogens is 686 g/mol. The van der Waals surface area contributed by atoms with E-state index in [-0.39, 0.29) is 42.9 Å². The number of nitrogens with one attached hydrogen (secondary N) is 3. The van der Waals surface area contributed by atoms with Crippen LogP contribution in [0.3, 0.4) is 0 Å². The smallest absolute Gasteiger partial charge is 0.392 e. The Labute approximate surface area is 293 Å². The number of hydrogen-bond acceptors (Lipinski definition) is 16. The van der Waals surface area contributed by atoms with Crippen LogP contribution in [0.25, 0.3) is 0 Å². The Hall–Kier alpha value is -7.14. The Balaban J connectivity index is 1.62. The maximum absolute atomic E-state index is 12.6. The van der Waals surface area contributed by atoms with Gasteiger partial charge in [-0.15, -0.1) is 0 Å². The first-order valence-electron chi connectivity index (χ1n) is 15.5. The zero-order valence-corrected chi connectivity index (χ0v) is 27.2. The van der Waals surface area contributed by atoms with Gasteiger partial charge in [-0.1, -0.05) is 12.1 Å². The van der Waals surface area contributed by atoms with Crippen LogP contribution in [0.1, 0.15) is 41.9 Å². The molecule has 0 aliphatic carbocycles. The van der Waals surface area contributed by atoms with Crippen molar-refractivity contribution in [3.8, 4) is 35.3 Å². The van der Waals surface area contributed by atoms with Crippen LogP contribution < -0.4 is 24.8 Å². The van der Waals surface area contributed by atoms with E-state index in [1.807, 2.05) is 12.1 Å². The molecule has 2 aromatic heterocycles. The summed E-state index contributed by atoms with van der Waals surface area (Å²) in [7, 11) is 0. The number of nitro benzene ring substituents is 1. The van der Waals surface area contributed by atoms with Crippen molar-refractivity contribution in [2.45, 2.75) is 38.5 Å². The number of rotatable bonds is 16. The molecule has 52 heavy (non-hydrogen) atoms. The van der Waals surface area contributed by atoms with Crippen LogP contribution in [0.15, 0.2) is 61.2 Å². The molecule has 4 aromatic rings. The van der Waals surface area contributed by atoms with Crippen molar-refractivity contribution in [1.29, 1.82) is 5.26 Å². The number of nitrogens with zero attached hydrogens (tertiary/aromatic N) is 6. The largest absolute Gasteiger partial charge is 0.478 e. The van der Waals surface area contributed by atoms with E-state index >= 15 is 0 Å². The maximum atomic E-state index is 12.6. The third kappa shape index (κ3) is 9.10. The van der Waals surface area contributed by atoms with E-state index in [1.54, 1.807) is 25.3 Å². The fraction of sp³-hybridized carbons (Fsp3) is 0.250. The average Bonchev–Trinajstić information content (AvgIpc) is 3.64. The molecule has 268 valence electrons. The number of carboxylic acid groups (broad SMARTS) is 1. The topological polar surface area (TPSA) is 280 Å². The summed E-state index contributed by atoms with van der Waals surface area (Å²) in [5.41, 5.74) is -0.207. The molecule has 0 bridgehead atoms. The summed E-state index contributed by atoms with van der Waals surface area (Å²) in [5, 5.41) is 50.0. The normalized spacial score (nSPS) is 14.0. The minimum atomic E-state index is -1.77. The van der Waals surface area contributed by atoms with Crippen LogP contribution in [0.4, 0.5) is 11.4 Å². The summed E-state index contributed by atoms with van der Waals surface area (Å²) in [4.78, 5) is 61.6. The monoisotopic (exact) mass is 715 g/mol. The molecule has 0 saturated heterocycles. The van der Waals surface area contributed by atoms with Gasteiger partial charge in [-0.2, -0.15) is 15.2 Å². The van der Waals surface area contributed by atoms with E-state index in [0.717, 1.165) is 12.1 Å². The van der Waals surface area contributed by atoms with Gasteiger partial charge >= 0.3 is 41.1 Å². The number of nitriles is 1. The number of aryl methyl sites for hydroxylation is 1. The lowest BCUT2D eigenvalue weighted by Crippen LogP contribution is -2.34. The van der Waals surface area contributed by atoms with Crippen LogP contribution in [0.5, 0.6) is 29.3 Å². The number of aromatic nitrogens is 4. The SMILES string of the molecule is CCOC(=O)CCc1cc(Oc2nc(Oc3cc(C#N)ccc3[N+](=O)[O-])nc(OC(Cc3c[nH]cn3)C(=O)O)c2[N+](=O)[O-])cc(C2NC=CCN2)c1. The molecular formula is C32H29N9O11. The zero-order chi connectivity index (χ0) is 37.2. The highest BCUT2D eigenvalue weighted by Gasteiger charge is 2.34. The lowest BCUT2D eigenvalue weighted by molar-refractivity contribution is -0.387. The van der Waals surface area contributed by atoms with Crippen LogP contribution in [-0.4, -0.2) is 66.1 Å². The van der Waals surface area contributed by atoms with Crippen molar-refractivity contribution < 1.29 is 43.5 Å². The highest BCUT2D eigenvalue weighted by atomic mass is 16.6. The van der Waals surface area contributed by atoms with E-state index in [9.17, 15) is 40.2 Å². The van der Waals surface area contributed by atoms with E-state index in [2.05, 4.69) is 30.6 Å². The second kappa shape index (κ2) is 16.5. The quantitative estimate of drug-likeness (QED) is 0.0730. The predicted molar refractivity (Wildman–Crippen MR) is 175 cm³/mol. The third-order valence-corrected chi connectivity index (χ3v) is 7.23. The number of benzene rings is 2. The minimum absolute atomic E-state index is 0.00280. The Kier molecular flexibility index (Phi) is 11.5. The van der Waals surface area contributed by atoms with E-state index in [1.165, 1.54) is 24.7 Å². The van der Waals surface area contributed by atoms with E-state index in [0.29, 0.717) is 17.7 Å². The molecule has 2 atom stereocenters. The fourth-order valence-electron chi connectivity index (χ4n) is 4.90. The van der Waals surface area contributed by atoms with Crippen LogP contribution >= 0.6 is 0 Å². The van der Waals surface area contributed by atoms with Gasteiger partial charge in [0.25, 0.3) is 0 Å². The average molecular weight is 716 g/mol. The number of ether oxygens (including phenoxy) is 4. The lowest BCUT2D eigenvalue weighted by Gasteiger charge is -2.23. The molecule has 20 nitrogen and oxygen atoms in total. The van der Waals surface area contributed by atoms with Gasteiger partial charge in [-0.3, -0.25) is 30.3 Å². The summed E-state index contributed by atoms with van der Waals surface area (Å²) < 4.78 is 22.2. The number of carboxylic acids is 1. The molecule has 3 heterocycles. The summed E-state index contributed by atoms with van der Waals surface area (Å²) in [6, 6.07) is 9.09. The van der Waals surface area contributed by atoms with Crippen molar-refractivity contribution in [2.24, 2.45) is 0 Å². The summed E-state index contributed by atoms with van der Waals surface area (Å²) in [5.74, 6) is -4.18. The van der Waals surface area contributed by atoms with Gasteiger partial charge in [-0.05, 0) is 48.9 Å². The standard InChI is InChI=1S/C32H29N9O11/c1-2-49-26(42)7-5-18-10-20(28-35-8-3-9-36-28)13-22(11-18)50-29-27(41(47)48)30(51-25(31(43)44)14-21-16-34-17-37-21)39-32(38-29)52-24-12-19(15-33)4-6-23(24)40(45)46/h3-4,6,8,10-13,16-17,25,28,35-36H,2,5,7,9,14H2,1H3,(H,34,37)(H,43,44). The van der Waals surface area contributed by atoms with Gasteiger partial charge in [0, 0.05) is 37.7 Å². The molecule has 0 spiro atoms. The van der Waals surface area contributed by atoms with Crippen molar-refractivity contribution >= 4 is 23.3 Å². The number of carbonyl (C=O) groups excluding carboxylic acids is 1. The second-order valence-electron chi connectivity index (χ2n) is 10.8. The van der Waals surface area contributed by atoms with E-state index < -0.39 is 68.9 Å². The zero-order valence-electron chi connectivity index (χ0n) is 27.2. The molecule has 1 aliphatic rings. The minimum Gasteiger partial charge on any atom is -0.478 e. The van der Waals surface area contributed by atoms with Gasteiger partial charge < -0.3 is 34.4 Å². The Morgan fingerprint density at radius 1 is 1.12 bits per heavy atom. The summed E-state index contributed by atoms with van der Waals surface area (Å²) >= 11 is 0. The van der Waals surface area contributed by atoms with Crippen LogP contribution in [-0.2, 0) is 27.2 Å². The lowest BCUT2D eigenvalue weighted by atomic mass is 10.0. The number of nitro groups is 2. The van der Waals surface area contributed by atoms with Crippen molar-refractivity contribution in [1.82, 2.24) is 30.6 Å². The molecule has 0 radical (unpaired) electrons. The number of aromatic amines is 1. The molecule has 5 rings (SSSR count). The number of H-pyrrole nitrogens is 1. The number of hydrogen-bond donors (Lipinski definition) is 4. The molecule has 2 aromatic carbocycles. The van der Waals surface area contributed by atoms with Crippen LogP contribution in [0, 0.1) is 31.6 Å². The van der Waals surface area contributed by atoms with Gasteiger partial charge in [0.2, 0.25) is 11.9 Å². The van der Waals surface area contributed by atoms with E-state index in [4.69, 9.17) is 18.9 Å². The molecule has 4 N–H and O–H groups in total. The molecule has 20 heteroatoms. The fourth-order valence-corrected chi connectivity index (χ4v) is 4.90. The van der Waals surface area contributed by atoms with Gasteiger partial charge in [0.15, 0.2) is 0 Å². The number of esters is 1. The Morgan fingerprint density at radius 2 is 1.92 bits per heavy atom. The Bertz CT molecular complexity index is 2050. The molecule has 0 fully saturated rings.